The van der Waals surface area contributed by atoms with Gasteiger partial charge in [-0.25, -0.2) is 0 Å². The molecule has 0 aliphatic rings. The summed E-state index contributed by atoms with van der Waals surface area (Å²) in [5.74, 6) is 0. The van der Waals surface area contributed by atoms with Gasteiger partial charge in [0.2, 0.25) is 0 Å². The van der Waals surface area contributed by atoms with Gasteiger partial charge in [0.25, 0.3) is 0 Å². The van der Waals surface area contributed by atoms with Crippen LogP contribution in [0.2, 0.25) is 0 Å². The molecule has 0 spiro atoms. The highest BCUT2D eigenvalue weighted by atomic mass is 16.3. The molecule has 1 unspecified atom stereocenters. The maximum Gasteiger partial charge on any atom is 0.0545 e. The van der Waals surface area contributed by atoms with Crippen molar-refractivity contribution in [1.82, 2.24) is 0 Å². The SMILES string of the molecule is CC(C)(C)CCCCC(O)CC(C)(C)C. The van der Waals surface area contributed by atoms with E-state index < -0.39 is 0 Å². The Kier molecular flexibility index (Phi) is 5.87. The van der Waals surface area contributed by atoms with Gasteiger partial charge in [0.15, 0.2) is 0 Å². The smallest absolute Gasteiger partial charge is 0.0545 e. The van der Waals surface area contributed by atoms with E-state index in [4.69, 9.17) is 0 Å². The van der Waals surface area contributed by atoms with Crippen molar-refractivity contribution in [2.24, 2.45) is 10.8 Å². The quantitative estimate of drug-likeness (QED) is 0.673. The van der Waals surface area contributed by atoms with Gasteiger partial charge < -0.3 is 5.11 Å². The molecular formula is C14H30O. The third-order valence-corrected chi connectivity index (χ3v) is 2.56. The van der Waals surface area contributed by atoms with Crippen molar-refractivity contribution in [3.63, 3.8) is 0 Å². The van der Waals surface area contributed by atoms with E-state index in [1.165, 1.54) is 12.8 Å². The Morgan fingerprint density at radius 1 is 0.867 bits per heavy atom. The molecule has 0 aromatic rings. The van der Waals surface area contributed by atoms with E-state index in [2.05, 4.69) is 41.5 Å². The number of unbranched alkanes of at least 4 members (excludes halogenated alkanes) is 1. The van der Waals surface area contributed by atoms with Gasteiger partial charge in [-0.05, 0) is 30.1 Å². The second-order valence-electron chi connectivity index (χ2n) is 7.23. The zero-order valence-corrected chi connectivity index (χ0v) is 11.6. The van der Waals surface area contributed by atoms with Crippen LogP contribution in [-0.4, -0.2) is 11.2 Å². The molecule has 15 heavy (non-hydrogen) atoms. The molecule has 0 radical (unpaired) electrons. The number of rotatable bonds is 5. The Hall–Kier alpha value is -0.0400. The molecule has 0 bridgehead atoms. The molecule has 1 nitrogen and oxygen atoms in total. The molecule has 0 fully saturated rings. The predicted octanol–water partition coefficient (Wildman–Crippen LogP) is 4.39. The topological polar surface area (TPSA) is 20.2 Å². The first kappa shape index (κ1) is 15.0. The lowest BCUT2D eigenvalue weighted by molar-refractivity contribution is 0.109. The van der Waals surface area contributed by atoms with Crippen LogP contribution in [0.4, 0.5) is 0 Å². The monoisotopic (exact) mass is 214 g/mol. The fraction of sp³-hybridized carbons (Fsp3) is 1.00. The van der Waals surface area contributed by atoms with E-state index in [9.17, 15) is 5.11 Å². The van der Waals surface area contributed by atoms with Gasteiger partial charge in [0.05, 0.1) is 6.10 Å². The molecule has 0 saturated heterocycles. The van der Waals surface area contributed by atoms with Gasteiger partial charge in [0.1, 0.15) is 0 Å². The molecule has 0 saturated carbocycles. The minimum atomic E-state index is -0.107. The van der Waals surface area contributed by atoms with Crippen LogP contribution in [0.1, 0.15) is 73.6 Å². The number of hydrogen-bond acceptors (Lipinski definition) is 1. The van der Waals surface area contributed by atoms with Crippen molar-refractivity contribution in [1.29, 1.82) is 0 Å². The Morgan fingerprint density at radius 2 is 1.40 bits per heavy atom. The summed E-state index contributed by atoms with van der Waals surface area (Å²) in [6, 6.07) is 0. The van der Waals surface area contributed by atoms with Crippen molar-refractivity contribution < 1.29 is 5.11 Å². The molecule has 0 aliphatic heterocycles. The minimum Gasteiger partial charge on any atom is -0.393 e. The van der Waals surface area contributed by atoms with Crippen LogP contribution in [0.5, 0.6) is 0 Å². The Bertz CT molecular complexity index is 159. The summed E-state index contributed by atoms with van der Waals surface area (Å²) >= 11 is 0. The average molecular weight is 214 g/mol. The minimum absolute atomic E-state index is 0.107. The molecule has 0 aromatic carbocycles. The zero-order valence-electron chi connectivity index (χ0n) is 11.6. The summed E-state index contributed by atoms with van der Waals surface area (Å²) in [6.45, 7) is 13.4. The molecule has 0 heterocycles. The van der Waals surface area contributed by atoms with E-state index >= 15 is 0 Å². The van der Waals surface area contributed by atoms with Gasteiger partial charge in [-0.3, -0.25) is 0 Å². The van der Waals surface area contributed by atoms with E-state index in [1.807, 2.05) is 0 Å². The lowest BCUT2D eigenvalue weighted by Gasteiger charge is -2.23. The normalized spacial score (nSPS) is 15.4. The second kappa shape index (κ2) is 5.89. The van der Waals surface area contributed by atoms with Crippen molar-refractivity contribution in [2.75, 3.05) is 0 Å². The van der Waals surface area contributed by atoms with E-state index in [0.29, 0.717) is 5.41 Å². The van der Waals surface area contributed by atoms with Crippen LogP contribution in [0.3, 0.4) is 0 Å². The predicted molar refractivity (Wildman–Crippen MR) is 68.0 cm³/mol. The standard InChI is InChI=1S/C14H30O/c1-13(2,3)10-8-7-9-12(15)11-14(4,5)6/h12,15H,7-11H2,1-6H3. The highest BCUT2D eigenvalue weighted by Crippen LogP contribution is 2.25. The molecule has 92 valence electrons. The fourth-order valence-corrected chi connectivity index (χ4v) is 1.84. The lowest BCUT2D eigenvalue weighted by atomic mass is 9.86. The van der Waals surface area contributed by atoms with Gasteiger partial charge in [0, 0.05) is 0 Å². The summed E-state index contributed by atoms with van der Waals surface area (Å²) in [5.41, 5.74) is 0.693. The molecule has 1 N–H and O–H groups in total. The summed E-state index contributed by atoms with van der Waals surface area (Å²) in [4.78, 5) is 0. The summed E-state index contributed by atoms with van der Waals surface area (Å²) in [6.07, 6.45) is 5.44. The average Bonchev–Trinajstić information content (AvgIpc) is 1.92. The molecule has 1 atom stereocenters. The zero-order chi connectivity index (χ0) is 12.1. The van der Waals surface area contributed by atoms with Crippen LogP contribution in [0, 0.1) is 10.8 Å². The number of aliphatic hydroxyl groups excluding tert-OH is 1. The second-order valence-corrected chi connectivity index (χ2v) is 7.23. The van der Waals surface area contributed by atoms with Crippen molar-refractivity contribution >= 4 is 0 Å². The summed E-state index contributed by atoms with van der Waals surface area (Å²) < 4.78 is 0. The highest BCUT2D eigenvalue weighted by molar-refractivity contribution is 4.69. The largest absolute Gasteiger partial charge is 0.393 e. The van der Waals surface area contributed by atoms with Crippen LogP contribution in [0.15, 0.2) is 0 Å². The van der Waals surface area contributed by atoms with Crippen molar-refractivity contribution in [2.45, 2.75) is 79.8 Å². The third-order valence-electron chi connectivity index (χ3n) is 2.56. The molecule has 1 heteroatoms. The van der Waals surface area contributed by atoms with Crippen LogP contribution in [0.25, 0.3) is 0 Å². The lowest BCUT2D eigenvalue weighted by Crippen LogP contribution is -2.17. The molecule has 0 aliphatic carbocycles. The maximum atomic E-state index is 9.81. The van der Waals surface area contributed by atoms with Crippen LogP contribution >= 0.6 is 0 Å². The van der Waals surface area contributed by atoms with E-state index in [-0.39, 0.29) is 11.5 Å². The first-order valence-electron chi connectivity index (χ1n) is 6.28. The van der Waals surface area contributed by atoms with Crippen LogP contribution < -0.4 is 0 Å². The van der Waals surface area contributed by atoms with Crippen molar-refractivity contribution in [3.8, 4) is 0 Å². The third kappa shape index (κ3) is 11.9. The first-order chi connectivity index (χ1) is 6.60. The summed E-state index contributed by atoms with van der Waals surface area (Å²) in [7, 11) is 0. The highest BCUT2D eigenvalue weighted by Gasteiger charge is 2.16. The fourth-order valence-electron chi connectivity index (χ4n) is 1.84. The van der Waals surface area contributed by atoms with Crippen LogP contribution in [-0.2, 0) is 0 Å². The number of hydrogen-bond donors (Lipinski definition) is 1. The van der Waals surface area contributed by atoms with Gasteiger partial charge in [-0.2, -0.15) is 0 Å². The van der Waals surface area contributed by atoms with Gasteiger partial charge in [-0.15, -0.1) is 0 Å². The Morgan fingerprint density at radius 3 is 1.80 bits per heavy atom. The van der Waals surface area contributed by atoms with Crippen molar-refractivity contribution in [3.05, 3.63) is 0 Å². The Balaban J connectivity index is 3.52. The molecule has 0 amide bonds. The maximum absolute atomic E-state index is 9.81. The van der Waals surface area contributed by atoms with Gasteiger partial charge in [-0.1, -0.05) is 54.4 Å². The molecular weight excluding hydrogens is 184 g/mol. The summed E-state index contributed by atoms with van der Waals surface area (Å²) in [5, 5.41) is 9.81. The molecule has 0 aromatic heterocycles. The molecule has 0 rings (SSSR count). The Labute approximate surface area is 96.3 Å². The first-order valence-corrected chi connectivity index (χ1v) is 6.28. The van der Waals surface area contributed by atoms with Gasteiger partial charge >= 0.3 is 0 Å². The van der Waals surface area contributed by atoms with E-state index in [1.54, 1.807) is 0 Å². The van der Waals surface area contributed by atoms with E-state index in [0.717, 1.165) is 19.3 Å². The number of aliphatic hydroxyl groups is 1.